The average Bonchev–Trinajstić information content (AvgIpc) is 2.44. The van der Waals surface area contributed by atoms with Crippen LogP contribution in [0, 0.1) is 17.8 Å². The molecule has 0 N–H and O–H groups in total. The van der Waals surface area contributed by atoms with E-state index in [1.54, 1.807) is 0 Å². The molecule has 10 heavy (non-hydrogen) atoms. The molecule has 0 aromatic rings. The topological polar surface area (TPSA) is 0 Å². The molecule has 0 saturated heterocycles. The quantitative estimate of drug-likeness (QED) is 0.483. The second kappa shape index (κ2) is 2.28. The fraction of sp³-hybridized carbons (Fsp3) is 1.00. The predicted octanol–water partition coefficient (Wildman–Crippen LogP) is 2.40. The summed E-state index contributed by atoms with van der Waals surface area (Å²) in [4.78, 5) is 0. The summed E-state index contributed by atoms with van der Waals surface area (Å²) >= 11 is 0. The van der Waals surface area contributed by atoms with Crippen LogP contribution in [-0.2, 0) is 0 Å². The van der Waals surface area contributed by atoms with Crippen molar-refractivity contribution in [3.8, 4) is 0 Å². The van der Waals surface area contributed by atoms with Crippen molar-refractivity contribution in [1.29, 1.82) is 0 Å². The van der Waals surface area contributed by atoms with E-state index in [4.69, 9.17) is 7.85 Å². The smallest absolute Gasteiger partial charge is 0.0699 e. The first-order valence-corrected chi connectivity index (χ1v) is 4.53. The summed E-state index contributed by atoms with van der Waals surface area (Å²) in [6.45, 7) is 2.17. The Labute approximate surface area is 64.8 Å². The molecule has 2 aliphatic carbocycles. The summed E-state index contributed by atoms with van der Waals surface area (Å²) in [5.41, 5.74) is 0. The second-order valence-electron chi connectivity index (χ2n) is 4.20. The highest BCUT2D eigenvalue weighted by Gasteiger charge is 2.40. The van der Waals surface area contributed by atoms with E-state index in [0.29, 0.717) is 5.82 Å². The Bertz CT molecular complexity index is 131. The van der Waals surface area contributed by atoms with Crippen molar-refractivity contribution in [2.45, 2.75) is 38.4 Å². The molecular formula is C9H15B. The fourth-order valence-corrected chi connectivity index (χ4v) is 2.94. The van der Waals surface area contributed by atoms with Gasteiger partial charge in [0.1, 0.15) is 0 Å². The summed E-state index contributed by atoms with van der Waals surface area (Å²) in [6.07, 6.45) is 5.89. The van der Waals surface area contributed by atoms with Gasteiger partial charge in [0.15, 0.2) is 0 Å². The molecule has 0 amide bonds. The van der Waals surface area contributed by atoms with Crippen molar-refractivity contribution in [2.24, 2.45) is 17.8 Å². The summed E-state index contributed by atoms with van der Waals surface area (Å²) in [5, 5.41) is 0. The summed E-state index contributed by atoms with van der Waals surface area (Å²) in [5.74, 6) is 3.39. The van der Waals surface area contributed by atoms with Gasteiger partial charge in [0.2, 0.25) is 0 Å². The summed E-state index contributed by atoms with van der Waals surface area (Å²) in [6, 6.07) is 0. The number of fused-ring (bicyclic) bond motifs is 2. The van der Waals surface area contributed by atoms with Gasteiger partial charge in [-0.15, -0.1) is 0 Å². The van der Waals surface area contributed by atoms with Crippen LogP contribution in [0.2, 0.25) is 5.82 Å². The Hall–Kier alpha value is 0.0649. The van der Waals surface area contributed by atoms with Crippen LogP contribution in [0.25, 0.3) is 0 Å². The Kier molecular flexibility index (Phi) is 1.54. The largest absolute Gasteiger partial charge is 0.0771 e. The van der Waals surface area contributed by atoms with Crippen LogP contribution in [0.4, 0.5) is 0 Å². The Morgan fingerprint density at radius 2 is 2.10 bits per heavy atom. The maximum absolute atomic E-state index is 5.88. The molecule has 2 saturated carbocycles. The van der Waals surface area contributed by atoms with Gasteiger partial charge in [-0.25, -0.2) is 0 Å². The van der Waals surface area contributed by atoms with Crippen LogP contribution in [0.1, 0.15) is 32.6 Å². The van der Waals surface area contributed by atoms with Gasteiger partial charge in [-0.05, 0) is 37.0 Å². The van der Waals surface area contributed by atoms with E-state index in [1.165, 1.54) is 25.7 Å². The first-order chi connectivity index (χ1) is 4.77. The monoisotopic (exact) mass is 134 g/mol. The first kappa shape index (κ1) is 6.76. The van der Waals surface area contributed by atoms with Crippen molar-refractivity contribution in [3.63, 3.8) is 0 Å². The summed E-state index contributed by atoms with van der Waals surface area (Å²) in [7, 11) is 5.88. The maximum atomic E-state index is 5.88. The number of hydrogen-bond donors (Lipinski definition) is 0. The maximum Gasteiger partial charge on any atom is 0.0699 e. The standard InChI is InChI=1S/C9H15B/c1-6(10)9-5-7-2-3-8(9)4-7/h6-9H,2-5H2,1H3. The molecule has 2 radical (unpaired) electrons. The highest BCUT2D eigenvalue weighted by molar-refractivity contribution is 6.11. The van der Waals surface area contributed by atoms with Crippen LogP contribution >= 0.6 is 0 Å². The molecule has 2 rings (SSSR count). The van der Waals surface area contributed by atoms with Crippen molar-refractivity contribution >= 4 is 7.85 Å². The van der Waals surface area contributed by atoms with Crippen molar-refractivity contribution in [2.75, 3.05) is 0 Å². The molecule has 0 aromatic heterocycles. The molecule has 54 valence electrons. The van der Waals surface area contributed by atoms with E-state index >= 15 is 0 Å². The lowest BCUT2D eigenvalue weighted by atomic mass is 9.71. The van der Waals surface area contributed by atoms with Crippen LogP contribution in [0.5, 0.6) is 0 Å². The molecular weight excluding hydrogens is 119 g/mol. The fourth-order valence-electron chi connectivity index (χ4n) is 2.94. The second-order valence-corrected chi connectivity index (χ2v) is 4.20. The van der Waals surface area contributed by atoms with Crippen LogP contribution < -0.4 is 0 Å². The zero-order valence-electron chi connectivity index (χ0n) is 6.72. The SMILES string of the molecule is [B]C(C)C1CC2CCC1C2. The lowest BCUT2D eigenvalue weighted by molar-refractivity contribution is 0.325. The van der Waals surface area contributed by atoms with Gasteiger partial charge in [0.05, 0.1) is 7.85 Å². The molecule has 0 spiro atoms. The highest BCUT2D eigenvalue weighted by Crippen LogP contribution is 2.51. The van der Waals surface area contributed by atoms with Gasteiger partial charge >= 0.3 is 0 Å². The number of rotatable bonds is 1. The molecule has 2 aliphatic rings. The van der Waals surface area contributed by atoms with Gasteiger partial charge in [0, 0.05) is 0 Å². The Morgan fingerprint density at radius 3 is 2.40 bits per heavy atom. The molecule has 4 unspecified atom stereocenters. The third-order valence-corrected chi connectivity index (χ3v) is 3.47. The molecule has 0 aliphatic heterocycles. The normalized spacial score (nSPS) is 47.9. The molecule has 4 atom stereocenters. The Balaban J connectivity index is 2.02. The van der Waals surface area contributed by atoms with Crippen LogP contribution in [0.15, 0.2) is 0 Å². The molecule has 1 heteroatoms. The minimum atomic E-state index is 0.454. The third kappa shape index (κ3) is 0.907. The van der Waals surface area contributed by atoms with Gasteiger partial charge in [-0.2, -0.15) is 0 Å². The van der Waals surface area contributed by atoms with Gasteiger partial charge in [0.25, 0.3) is 0 Å². The average molecular weight is 134 g/mol. The molecule has 2 fully saturated rings. The van der Waals surface area contributed by atoms with E-state index in [9.17, 15) is 0 Å². The highest BCUT2D eigenvalue weighted by atomic mass is 14.4. The van der Waals surface area contributed by atoms with Gasteiger partial charge < -0.3 is 0 Å². The Morgan fingerprint density at radius 1 is 1.30 bits per heavy atom. The lowest BCUT2D eigenvalue weighted by Crippen LogP contribution is -2.14. The van der Waals surface area contributed by atoms with Crippen molar-refractivity contribution < 1.29 is 0 Å². The zero-order chi connectivity index (χ0) is 7.14. The van der Waals surface area contributed by atoms with E-state index in [1.807, 2.05) is 0 Å². The van der Waals surface area contributed by atoms with Crippen molar-refractivity contribution in [1.82, 2.24) is 0 Å². The molecule has 0 nitrogen and oxygen atoms in total. The molecule has 0 aromatic carbocycles. The van der Waals surface area contributed by atoms with Crippen LogP contribution in [0.3, 0.4) is 0 Å². The zero-order valence-corrected chi connectivity index (χ0v) is 6.72. The van der Waals surface area contributed by atoms with E-state index < -0.39 is 0 Å². The number of hydrogen-bond acceptors (Lipinski definition) is 0. The van der Waals surface area contributed by atoms with Crippen molar-refractivity contribution in [3.05, 3.63) is 0 Å². The van der Waals surface area contributed by atoms with E-state index in [2.05, 4.69) is 6.92 Å². The molecule has 2 bridgehead atoms. The lowest BCUT2D eigenvalue weighted by Gasteiger charge is -2.25. The minimum Gasteiger partial charge on any atom is -0.0771 e. The predicted molar refractivity (Wildman–Crippen MR) is 44.1 cm³/mol. The third-order valence-electron chi connectivity index (χ3n) is 3.47. The first-order valence-electron chi connectivity index (χ1n) is 4.53. The minimum absolute atomic E-state index is 0.454. The van der Waals surface area contributed by atoms with E-state index in [0.717, 1.165) is 17.8 Å². The van der Waals surface area contributed by atoms with Gasteiger partial charge in [-0.1, -0.05) is 19.2 Å². The summed E-state index contributed by atoms with van der Waals surface area (Å²) < 4.78 is 0. The van der Waals surface area contributed by atoms with Gasteiger partial charge in [-0.3, -0.25) is 0 Å². The molecule has 0 heterocycles. The van der Waals surface area contributed by atoms with E-state index in [-0.39, 0.29) is 0 Å². The van der Waals surface area contributed by atoms with Crippen LogP contribution in [-0.4, -0.2) is 7.85 Å².